The average Bonchev–Trinajstić information content (AvgIpc) is 2.40. The predicted molar refractivity (Wildman–Crippen MR) is 73.0 cm³/mol. The molecule has 2 aromatic carbocycles. The molecule has 0 unspecified atom stereocenters. The monoisotopic (exact) mass is 274 g/mol. The summed E-state index contributed by atoms with van der Waals surface area (Å²) in [5, 5.41) is 15.2. The topological polar surface area (TPSA) is 55.5 Å². The largest absolute Gasteiger partial charge is 0.600 e. The van der Waals surface area contributed by atoms with Crippen molar-refractivity contribution in [1.29, 1.82) is 0 Å². The molecule has 96 valence electrons. The number of carbonyl (C=O) groups excluding carboxylic acids is 1. The van der Waals surface area contributed by atoms with Crippen molar-refractivity contribution in [1.82, 2.24) is 0 Å². The van der Waals surface area contributed by atoms with E-state index in [1.54, 1.807) is 36.4 Å². The first-order chi connectivity index (χ1) is 9.08. The number of ketones is 1. The Labute approximate surface area is 115 Å². The second kappa shape index (κ2) is 5.63. The van der Waals surface area contributed by atoms with Crippen LogP contribution >= 0.6 is 11.6 Å². The van der Waals surface area contributed by atoms with Gasteiger partial charge < -0.3 is 5.21 Å². The van der Waals surface area contributed by atoms with Crippen LogP contribution in [0.15, 0.2) is 53.6 Å². The van der Waals surface area contributed by atoms with Gasteiger partial charge in [0.05, 0.1) is 5.56 Å². The van der Waals surface area contributed by atoms with Crippen LogP contribution < -0.4 is 0 Å². The molecule has 0 amide bonds. The number of hydrogen-bond acceptors (Lipinski definition) is 3. The molecule has 0 aliphatic heterocycles. The molecule has 0 aliphatic rings. The van der Waals surface area contributed by atoms with Crippen LogP contribution in [0, 0.1) is 5.21 Å². The number of hydroxylamine groups is 1. The number of carbonyl (C=O) groups is 1. The van der Waals surface area contributed by atoms with Crippen LogP contribution in [0.3, 0.4) is 0 Å². The zero-order chi connectivity index (χ0) is 13.8. The van der Waals surface area contributed by atoms with Gasteiger partial charge in [-0.1, -0.05) is 46.8 Å². The van der Waals surface area contributed by atoms with Gasteiger partial charge in [0, 0.05) is 15.7 Å². The SMILES string of the molecule is C[N+]([O-])=Nc1ccc(Cl)cc1C(=O)c1ccccc1. The third kappa shape index (κ3) is 3.17. The molecule has 2 aromatic rings. The van der Waals surface area contributed by atoms with Gasteiger partial charge in [0.2, 0.25) is 0 Å². The van der Waals surface area contributed by atoms with Crippen molar-refractivity contribution in [3.8, 4) is 0 Å². The lowest BCUT2D eigenvalue weighted by Crippen LogP contribution is -2.02. The molecular formula is C14H11ClN2O2. The summed E-state index contributed by atoms with van der Waals surface area (Å²) in [4.78, 5) is 12.8. The maximum Gasteiger partial charge on any atom is 0.195 e. The number of halogens is 1. The predicted octanol–water partition coefficient (Wildman–Crippen LogP) is 3.79. The van der Waals surface area contributed by atoms with E-state index < -0.39 is 0 Å². The van der Waals surface area contributed by atoms with E-state index >= 15 is 0 Å². The quantitative estimate of drug-likeness (QED) is 0.370. The van der Waals surface area contributed by atoms with E-state index in [1.165, 1.54) is 13.1 Å². The van der Waals surface area contributed by atoms with E-state index in [2.05, 4.69) is 5.11 Å². The van der Waals surface area contributed by atoms with Gasteiger partial charge in [-0.05, 0) is 18.2 Å². The third-order valence-electron chi connectivity index (χ3n) is 2.49. The number of azo groups is 1. The highest BCUT2D eigenvalue weighted by molar-refractivity contribution is 6.31. The number of nitrogens with zero attached hydrogens (tertiary/aromatic N) is 2. The summed E-state index contributed by atoms with van der Waals surface area (Å²) in [6.45, 7) is 0. The lowest BCUT2D eigenvalue weighted by atomic mass is 10.0. The van der Waals surface area contributed by atoms with Gasteiger partial charge in [-0.25, -0.2) is 0 Å². The fourth-order valence-electron chi connectivity index (χ4n) is 1.67. The fourth-order valence-corrected chi connectivity index (χ4v) is 1.85. The molecule has 0 spiro atoms. The van der Waals surface area contributed by atoms with Crippen molar-refractivity contribution in [2.24, 2.45) is 5.11 Å². The van der Waals surface area contributed by atoms with Crippen molar-refractivity contribution in [2.45, 2.75) is 0 Å². The van der Waals surface area contributed by atoms with Crippen LogP contribution in [0.4, 0.5) is 5.69 Å². The first-order valence-corrected chi connectivity index (χ1v) is 5.97. The lowest BCUT2D eigenvalue weighted by molar-refractivity contribution is -0.493. The Morgan fingerprint density at radius 3 is 2.53 bits per heavy atom. The Morgan fingerprint density at radius 2 is 1.89 bits per heavy atom. The molecule has 0 atom stereocenters. The molecule has 0 aromatic heterocycles. The standard InChI is InChI=1S/C14H11ClN2O2/c1-17(19)16-13-8-7-11(15)9-12(13)14(18)10-5-3-2-4-6-10/h2-9H,1H3. The highest BCUT2D eigenvalue weighted by Crippen LogP contribution is 2.26. The van der Waals surface area contributed by atoms with Gasteiger partial charge in [0.1, 0.15) is 5.69 Å². The molecule has 0 bridgehead atoms. The second-order valence-corrected chi connectivity index (χ2v) is 4.36. The molecule has 0 N–H and O–H groups in total. The summed E-state index contributed by atoms with van der Waals surface area (Å²) < 4.78 is 0. The Kier molecular flexibility index (Phi) is 3.92. The van der Waals surface area contributed by atoms with Crippen LogP contribution in [-0.4, -0.2) is 17.7 Å². The van der Waals surface area contributed by atoms with Gasteiger partial charge in [0.25, 0.3) is 0 Å². The smallest absolute Gasteiger partial charge is 0.195 e. The number of rotatable bonds is 3. The van der Waals surface area contributed by atoms with Gasteiger partial charge in [-0.15, -0.1) is 0 Å². The minimum atomic E-state index is -0.219. The van der Waals surface area contributed by atoms with Gasteiger partial charge in [-0.3, -0.25) is 4.79 Å². The van der Waals surface area contributed by atoms with E-state index in [-0.39, 0.29) is 5.78 Å². The molecule has 0 saturated carbocycles. The van der Waals surface area contributed by atoms with Crippen LogP contribution in [0.2, 0.25) is 5.02 Å². The Hall–Kier alpha value is -2.20. The average molecular weight is 275 g/mol. The minimum absolute atomic E-state index is 0.219. The molecule has 4 nitrogen and oxygen atoms in total. The summed E-state index contributed by atoms with van der Waals surface area (Å²) in [6.07, 6.45) is 0. The molecule has 0 aliphatic carbocycles. The molecule has 0 fully saturated rings. The number of benzene rings is 2. The van der Waals surface area contributed by atoms with Crippen LogP contribution in [0.5, 0.6) is 0 Å². The van der Waals surface area contributed by atoms with Gasteiger partial charge >= 0.3 is 0 Å². The van der Waals surface area contributed by atoms with E-state index in [1.807, 2.05) is 6.07 Å². The van der Waals surface area contributed by atoms with E-state index in [9.17, 15) is 10.0 Å². The van der Waals surface area contributed by atoms with Gasteiger partial charge in [0.15, 0.2) is 12.8 Å². The Balaban J connectivity index is 2.52. The van der Waals surface area contributed by atoms with E-state index in [0.717, 1.165) is 0 Å². The van der Waals surface area contributed by atoms with Crippen LogP contribution in [0.1, 0.15) is 15.9 Å². The lowest BCUT2D eigenvalue weighted by Gasteiger charge is -2.04. The van der Waals surface area contributed by atoms with Crippen molar-refractivity contribution < 1.29 is 9.66 Å². The molecule has 2 rings (SSSR count). The summed E-state index contributed by atoms with van der Waals surface area (Å²) in [5.41, 5.74) is 1.13. The van der Waals surface area contributed by atoms with Crippen molar-refractivity contribution >= 4 is 23.1 Å². The molecule has 5 heteroatoms. The Morgan fingerprint density at radius 1 is 1.21 bits per heavy atom. The summed E-state index contributed by atoms with van der Waals surface area (Å²) in [5.74, 6) is -0.219. The molecular weight excluding hydrogens is 264 g/mol. The summed E-state index contributed by atoms with van der Waals surface area (Å²) in [6, 6.07) is 13.4. The highest BCUT2D eigenvalue weighted by atomic mass is 35.5. The molecule has 0 radical (unpaired) electrons. The maximum atomic E-state index is 12.4. The zero-order valence-corrected chi connectivity index (χ0v) is 11.0. The normalized spacial score (nSPS) is 11.4. The Bertz CT molecular complexity index is 635. The first kappa shape index (κ1) is 13.2. The van der Waals surface area contributed by atoms with E-state index in [0.29, 0.717) is 26.7 Å². The van der Waals surface area contributed by atoms with Gasteiger partial charge in [-0.2, -0.15) is 0 Å². The highest BCUT2D eigenvalue weighted by Gasteiger charge is 2.15. The summed E-state index contributed by atoms with van der Waals surface area (Å²) >= 11 is 5.90. The fraction of sp³-hybridized carbons (Fsp3) is 0.0714. The van der Waals surface area contributed by atoms with Crippen molar-refractivity contribution in [3.05, 3.63) is 69.9 Å². The maximum absolute atomic E-state index is 12.4. The van der Waals surface area contributed by atoms with E-state index in [4.69, 9.17) is 11.6 Å². The second-order valence-electron chi connectivity index (χ2n) is 3.92. The van der Waals surface area contributed by atoms with Crippen LogP contribution in [-0.2, 0) is 0 Å². The molecule has 0 heterocycles. The molecule has 19 heavy (non-hydrogen) atoms. The summed E-state index contributed by atoms with van der Waals surface area (Å²) in [7, 11) is 1.26. The molecule has 0 saturated heterocycles. The number of hydrogen-bond donors (Lipinski definition) is 0. The first-order valence-electron chi connectivity index (χ1n) is 5.60. The van der Waals surface area contributed by atoms with Crippen molar-refractivity contribution in [3.63, 3.8) is 0 Å². The van der Waals surface area contributed by atoms with Crippen molar-refractivity contribution in [2.75, 3.05) is 7.05 Å². The third-order valence-corrected chi connectivity index (χ3v) is 2.72. The zero-order valence-electron chi connectivity index (χ0n) is 10.2. The van der Waals surface area contributed by atoms with Crippen LogP contribution in [0.25, 0.3) is 0 Å². The minimum Gasteiger partial charge on any atom is -0.600 e.